The Morgan fingerprint density at radius 1 is 1.05 bits per heavy atom. The van der Waals surface area contributed by atoms with Gasteiger partial charge in [0.2, 0.25) is 0 Å². The molecule has 1 rings (SSSR count). The number of hydrogen-bond donors (Lipinski definition) is 2. The summed E-state index contributed by atoms with van der Waals surface area (Å²) in [5.41, 5.74) is 0.545. The average molecular weight is 297 g/mol. The van der Waals surface area contributed by atoms with Crippen LogP contribution in [0.15, 0.2) is 28.5 Å². The summed E-state index contributed by atoms with van der Waals surface area (Å²) in [6.45, 7) is 5.37. The zero-order valence-corrected chi connectivity index (χ0v) is 12.5. The van der Waals surface area contributed by atoms with Crippen molar-refractivity contribution >= 4 is 5.69 Å². The summed E-state index contributed by atoms with van der Waals surface area (Å²) in [5, 5.41) is 27.5. The molecule has 1 aromatic carbocycles. The zero-order chi connectivity index (χ0) is 15.5. The number of rotatable bonds is 10. The van der Waals surface area contributed by atoms with Crippen molar-refractivity contribution < 1.29 is 19.7 Å². The molecule has 0 unspecified atom stereocenters. The van der Waals surface area contributed by atoms with Crippen molar-refractivity contribution in [2.75, 3.05) is 39.5 Å². The van der Waals surface area contributed by atoms with Gasteiger partial charge in [-0.3, -0.25) is 5.01 Å². The molecular weight excluding hydrogens is 274 g/mol. The number of aliphatic hydroxyl groups is 2. The fraction of sp³-hybridized carbons (Fsp3) is 0.571. The third-order valence-electron chi connectivity index (χ3n) is 2.54. The molecule has 0 amide bonds. The predicted molar refractivity (Wildman–Crippen MR) is 79.0 cm³/mol. The first kappa shape index (κ1) is 17.2. The van der Waals surface area contributed by atoms with Crippen molar-refractivity contribution in [3.63, 3.8) is 0 Å². The lowest BCUT2D eigenvalue weighted by molar-refractivity contribution is 0.158. The summed E-state index contributed by atoms with van der Waals surface area (Å²) in [6.07, 6.45) is 0. The Balaban J connectivity index is 2.92. The van der Waals surface area contributed by atoms with Crippen molar-refractivity contribution in [3.05, 3.63) is 18.2 Å². The molecule has 0 atom stereocenters. The Labute approximate surface area is 124 Å². The highest BCUT2D eigenvalue weighted by atomic mass is 16.5. The molecule has 21 heavy (non-hydrogen) atoms. The van der Waals surface area contributed by atoms with Crippen molar-refractivity contribution in [2.45, 2.75) is 13.8 Å². The molecule has 0 aromatic heterocycles. The zero-order valence-electron chi connectivity index (χ0n) is 12.5. The minimum atomic E-state index is -0.0592. The van der Waals surface area contributed by atoms with Gasteiger partial charge in [-0.25, -0.2) is 0 Å². The third-order valence-corrected chi connectivity index (χ3v) is 2.54. The van der Waals surface area contributed by atoms with E-state index < -0.39 is 0 Å². The fourth-order valence-corrected chi connectivity index (χ4v) is 1.65. The van der Waals surface area contributed by atoms with Gasteiger partial charge in [-0.15, -0.1) is 5.11 Å². The Morgan fingerprint density at radius 3 is 2.29 bits per heavy atom. The van der Waals surface area contributed by atoms with Crippen LogP contribution in [-0.2, 0) is 0 Å². The van der Waals surface area contributed by atoms with E-state index in [0.29, 0.717) is 43.5 Å². The second-order valence-electron chi connectivity index (χ2n) is 4.09. The van der Waals surface area contributed by atoms with Crippen LogP contribution in [0, 0.1) is 0 Å². The molecule has 0 saturated heterocycles. The molecule has 0 bridgehead atoms. The van der Waals surface area contributed by atoms with E-state index in [2.05, 4.69) is 10.3 Å². The second-order valence-corrected chi connectivity index (χ2v) is 4.09. The van der Waals surface area contributed by atoms with E-state index in [4.69, 9.17) is 19.7 Å². The first-order chi connectivity index (χ1) is 10.2. The van der Waals surface area contributed by atoms with Gasteiger partial charge in [-0.1, -0.05) is 5.22 Å². The Bertz CT molecular complexity index is 434. The molecule has 0 aliphatic heterocycles. The van der Waals surface area contributed by atoms with E-state index in [0.717, 1.165) is 0 Å². The van der Waals surface area contributed by atoms with Crippen LogP contribution in [0.4, 0.5) is 5.69 Å². The lowest BCUT2D eigenvalue weighted by atomic mass is 10.3. The van der Waals surface area contributed by atoms with Gasteiger partial charge in [0.25, 0.3) is 0 Å². The molecule has 0 aliphatic carbocycles. The fourth-order valence-electron chi connectivity index (χ4n) is 1.65. The molecule has 0 spiro atoms. The van der Waals surface area contributed by atoms with E-state index in [1.807, 2.05) is 19.9 Å². The van der Waals surface area contributed by atoms with Crippen molar-refractivity contribution in [1.82, 2.24) is 5.01 Å². The van der Waals surface area contributed by atoms with Crippen molar-refractivity contribution in [3.8, 4) is 11.5 Å². The average Bonchev–Trinajstić information content (AvgIpc) is 2.48. The number of hydrogen-bond acceptors (Lipinski definition) is 6. The van der Waals surface area contributed by atoms with Gasteiger partial charge in [0.15, 0.2) is 0 Å². The summed E-state index contributed by atoms with van der Waals surface area (Å²) in [6, 6.07) is 5.34. The SMILES string of the molecule is CCOc1ccc(OCC)c(N=NN(CCO)CCO)c1. The Kier molecular flexibility index (Phi) is 8.15. The van der Waals surface area contributed by atoms with E-state index in [1.165, 1.54) is 5.01 Å². The van der Waals surface area contributed by atoms with Crippen molar-refractivity contribution in [2.24, 2.45) is 10.3 Å². The maximum absolute atomic E-state index is 8.94. The summed E-state index contributed by atoms with van der Waals surface area (Å²) >= 11 is 0. The highest BCUT2D eigenvalue weighted by molar-refractivity contribution is 5.55. The van der Waals surface area contributed by atoms with Gasteiger partial charge in [-0.05, 0) is 26.0 Å². The van der Waals surface area contributed by atoms with E-state index in [-0.39, 0.29) is 13.2 Å². The maximum atomic E-state index is 8.94. The number of aliphatic hydroxyl groups excluding tert-OH is 2. The van der Waals surface area contributed by atoms with Crippen LogP contribution < -0.4 is 9.47 Å². The lowest BCUT2D eigenvalue weighted by Gasteiger charge is -2.15. The van der Waals surface area contributed by atoms with E-state index in [9.17, 15) is 0 Å². The van der Waals surface area contributed by atoms with Crippen LogP contribution in [0.2, 0.25) is 0 Å². The lowest BCUT2D eigenvalue weighted by Crippen LogP contribution is -2.24. The van der Waals surface area contributed by atoms with Crippen LogP contribution in [0.25, 0.3) is 0 Å². The third kappa shape index (κ3) is 5.97. The first-order valence-corrected chi connectivity index (χ1v) is 7.03. The normalized spacial score (nSPS) is 10.9. The summed E-state index contributed by atoms with van der Waals surface area (Å²) in [4.78, 5) is 0. The standard InChI is InChI=1S/C14H23N3O4/c1-3-20-12-5-6-14(21-4-2)13(11-12)15-16-17(7-9-18)8-10-19/h5-6,11,18-19H,3-4,7-10H2,1-2H3. The molecule has 1 aromatic rings. The molecule has 0 radical (unpaired) electrons. The summed E-state index contributed by atoms with van der Waals surface area (Å²) in [5.74, 6) is 1.29. The monoisotopic (exact) mass is 297 g/mol. The van der Waals surface area contributed by atoms with Crippen molar-refractivity contribution in [1.29, 1.82) is 0 Å². The van der Waals surface area contributed by atoms with Gasteiger partial charge < -0.3 is 19.7 Å². The maximum Gasteiger partial charge on any atom is 0.147 e. The van der Waals surface area contributed by atoms with E-state index in [1.54, 1.807) is 12.1 Å². The molecule has 0 aliphatic rings. The predicted octanol–water partition coefficient (Wildman–Crippen LogP) is 1.77. The second kappa shape index (κ2) is 9.95. The highest BCUT2D eigenvalue weighted by Gasteiger charge is 2.06. The number of nitrogens with zero attached hydrogens (tertiary/aromatic N) is 3. The molecule has 7 nitrogen and oxygen atoms in total. The van der Waals surface area contributed by atoms with Crippen LogP contribution in [0.1, 0.15) is 13.8 Å². The molecular formula is C14H23N3O4. The van der Waals surface area contributed by atoms with Gasteiger partial charge in [0.05, 0.1) is 39.5 Å². The molecule has 118 valence electrons. The van der Waals surface area contributed by atoms with Crippen LogP contribution >= 0.6 is 0 Å². The Morgan fingerprint density at radius 2 is 1.71 bits per heavy atom. The minimum Gasteiger partial charge on any atom is -0.494 e. The number of ether oxygens (including phenoxy) is 2. The minimum absolute atomic E-state index is 0.0592. The summed E-state index contributed by atoms with van der Waals surface area (Å²) in [7, 11) is 0. The van der Waals surface area contributed by atoms with Gasteiger partial charge in [-0.2, -0.15) is 0 Å². The smallest absolute Gasteiger partial charge is 0.147 e. The van der Waals surface area contributed by atoms with Crippen LogP contribution in [0.3, 0.4) is 0 Å². The molecule has 0 saturated carbocycles. The topological polar surface area (TPSA) is 86.9 Å². The highest BCUT2D eigenvalue weighted by Crippen LogP contribution is 2.32. The Hall–Kier alpha value is -1.86. The van der Waals surface area contributed by atoms with Gasteiger partial charge >= 0.3 is 0 Å². The van der Waals surface area contributed by atoms with Crippen LogP contribution in [0.5, 0.6) is 11.5 Å². The van der Waals surface area contributed by atoms with Gasteiger partial charge in [0.1, 0.15) is 17.2 Å². The van der Waals surface area contributed by atoms with Gasteiger partial charge in [0, 0.05) is 6.07 Å². The molecule has 2 N–H and O–H groups in total. The first-order valence-electron chi connectivity index (χ1n) is 7.03. The number of benzene rings is 1. The quantitative estimate of drug-likeness (QED) is 0.507. The molecule has 0 heterocycles. The summed E-state index contributed by atoms with van der Waals surface area (Å²) < 4.78 is 10.9. The van der Waals surface area contributed by atoms with E-state index >= 15 is 0 Å². The molecule has 7 heteroatoms. The van der Waals surface area contributed by atoms with Crippen LogP contribution in [-0.4, -0.2) is 54.7 Å². The molecule has 0 fully saturated rings. The largest absolute Gasteiger partial charge is 0.494 e.